The van der Waals surface area contributed by atoms with E-state index in [0.717, 1.165) is 38.1 Å². The van der Waals surface area contributed by atoms with E-state index in [2.05, 4.69) is 10.2 Å². The van der Waals surface area contributed by atoms with Crippen LogP contribution in [0.25, 0.3) is 0 Å². The lowest BCUT2D eigenvalue weighted by molar-refractivity contribution is -0.385. The molecule has 1 aliphatic rings. The molecule has 1 amide bonds. The highest BCUT2D eigenvalue weighted by molar-refractivity contribution is 5.98. The minimum atomic E-state index is -0.622. The molecule has 7 nitrogen and oxygen atoms in total. The number of nitrogens with zero attached hydrogens (tertiary/aromatic N) is 2. The maximum Gasteiger partial charge on any atom is 0.282 e. The molecule has 2 rings (SSSR count). The summed E-state index contributed by atoms with van der Waals surface area (Å²) in [4.78, 5) is 24.6. The number of carbonyl (C=O) groups is 1. The van der Waals surface area contributed by atoms with Gasteiger partial charge in [0.15, 0.2) is 0 Å². The molecular formula is C14H19N3O4. The Morgan fingerprint density at radius 3 is 3.00 bits per heavy atom. The maximum atomic E-state index is 12.1. The van der Waals surface area contributed by atoms with Gasteiger partial charge in [0.25, 0.3) is 11.6 Å². The Morgan fingerprint density at radius 2 is 2.33 bits per heavy atom. The molecule has 0 radical (unpaired) electrons. The first kappa shape index (κ1) is 15.2. The molecule has 0 aliphatic carbocycles. The summed E-state index contributed by atoms with van der Waals surface area (Å²) >= 11 is 0. The third-order valence-electron chi connectivity index (χ3n) is 3.69. The SMILES string of the molecule is CN1CCCC(CNC(=O)c2cc(O)ccc2[N+](=O)[O-])C1. The van der Waals surface area contributed by atoms with E-state index in [9.17, 15) is 20.0 Å². The number of piperidine rings is 1. The largest absolute Gasteiger partial charge is 0.508 e. The van der Waals surface area contributed by atoms with Crippen LogP contribution < -0.4 is 5.32 Å². The normalized spacial score (nSPS) is 19.2. The topological polar surface area (TPSA) is 95.7 Å². The third-order valence-corrected chi connectivity index (χ3v) is 3.69. The lowest BCUT2D eigenvalue weighted by Gasteiger charge is -2.29. The fourth-order valence-electron chi connectivity index (χ4n) is 2.64. The van der Waals surface area contributed by atoms with E-state index in [1.54, 1.807) is 0 Å². The summed E-state index contributed by atoms with van der Waals surface area (Å²) in [7, 11) is 2.04. The molecule has 0 aromatic heterocycles. The van der Waals surface area contributed by atoms with E-state index in [0.29, 0.717) is 12.5 Å². The van der Waals surface area contributed by atoms with Gasteiger partial charge in [-0.1, -0.05) is 0 Å². The quantitative estimate of drug-likeness (QED) is 0.645. The average Bonchev–Trinajstić information content (AvgIpc) is 2.44. The summed E-state index contributed by atoms with van der Waals surface area (Å²) in [6.45, 7) is 2.45. The summed E-state index contributed by atoms with van der Waals surface area (Å²) in [6, 6.07) is 3.46. The molecule has 2 N–H and O–H groups in total. The minimum absolute atomic E-state index is 0.107. The third kappa shape index (κ3) is 3.91. The van der Waals surface area contributed by atoms with Crippen LogP contribution in [-0.2, 0) is 0 Å². The highest BCUT2D eigenvalue weighted by Gasteiger charge is 2.22. The second-order valence-electron chi connectivity index (χ2n) is 5.44. The van der Waals surface area contributed by atoms with Gasteiger partial charge >= 0.3 is 0 Å². The molecule has 1 unspecified atom stereocenters. The molecule has 0 bridgehead atoms. The molecule has 21 heavy (non-hydrogen) atoms. The summed E-state index contributed by atoms with van der Waals surface area (Å²) in [6.07, 6.45) is 2.12. The summed E-state index contributed by atoms with van der Waals surface area (Å²) in [5, 5.41) is 23.1. The zero-order chi connectivity index (χ0) is 15.4. The van der Waals surface area contributed by atoms with Crippen LogP contribution in [0, 0.1) is 16.0 Å². The fourth-order valence-corrected chi connectivity index (χ4v) is 2.64. The highest BCUT2D eigenvalue weighted by atomic mass is 16.6. The predicted molar refractivity (Wildman–Crippen MR) is 77.3 cm³/mol. The molecule has 7 heteroatoms. The Hall–Kier alpha value is -2.15. The molecule has 1 atom stereocenters. The molecule has 0 spiro atoms. The molecule has 0 saturated carbocycles. The lowest BCUT2D eigenvalue weighted by atomic mass is 9.98. The number of rotatable bonds is 4. The smallest absolute Gasteiger partial charge is 0.282 e. The van der Waals surface area contributed by atoms with Crippen LogP contribution in [0.5, 0.6) is 5.75 Å². The number of nitrogens with one attached hydrogen (secondary N) is 1. The van der Waals surface area contributed by atoms with Gasteiger partial charge < -0.3 is 15.3 Å². The Morgan fingerprint density at radius 1 is 1.57 bits per heavy atom. The molecule has 1 aromatic carbocycles. The van der Waals surface area contributed by atoms with E-state index < -0.39 is 10.8 Å². The number of hydrogen-bond acceptors (Lipinski definition) is 5. The van der Waals surface area contributed by atoms with Crippen molar-refractivity contribution in [3.63, 3.8) is 0 Å². The first-order chi connectivity index (χ1) is 9.97. The van der Waals surface area contributed by atoms with Crippen molar-refractivity contribution in [2.24, 2.45) is 5.92 Å². The highest BCUT2D eigenvalue weighted by Crippen LogP contribution is 2.23. The first-order valence-corrected chi connectivity index (χ1v) is 6.91. The van der Waals surface area contributed by atoms with Crippen LogP contribution in [0.3, 0.4) is 0 Å². The van der Waals surface area contributed by atoms with Crippen molar-refractivity contribution in [1.82, 2.24) is 10.2 Å². The van der Waals surface area contributed by atoms with Gasteiger partial charge in [0.2, 0.25) is 0 Å². The van der Waals surface area contributed by atoms with Crippen LogP contribution in [0.1, 0.15) is 23.2 Å². The molecule has 1 heterocycles. The van der Waals surface area contributed by atoms with E-state index in [1.807, 2.05) is 7.05 Å². The van der Waals surface area contributed by atoms with Gasteiger partial charge in [-0.3, -0.25) is 14.9 Å². The number of phenolic OH excluding ortho intramolecular Hbond substituents is 1. The van der Waals surface area contributed by atoms with E-state index in [-0.39, 0.29) is 17.0 Å². The zero-order valence-electron chi connectivity index (χ0n) is 11.9. The van der Waals surface area contributed by atoms with Crippen molar-refractivity contribution in [3.05, 3.63) is 33.9 Å². The number of nitro groups is 1. The van der Waals surface area contributed by atoms with Gasteiger partial charge in [-0.05, 0) is 44.5 Å². The van der Waals surface area contributed by atoms with Crippen molar-refractivity contribution >= 4 is 11.6 Å². The summed E-state index contributed by atoms with van der Waals surface area (Å²) in [5.41, 5.74) is -0.407. The number of carbonyl (C=O) groups excluding carboxylic acids is 1. The van der Waals surface area contributed by atoms with Gasteiger partial charge in [-0.2, -0.15) is 0 Å². The van der Waals surface area contributed by atoms with Crippen LogP contribution in [0.2, 0.25) is 0 Å². The Bertz CT molecular complexity index is 547. The second kappa shape index (κ2) is 6.53. The molecule has 1 fully saturated rings. The number of hydrogen-bond donors (Lipinski definition) is 2. The predicted octanol–water partition coefficient (Wildman–Crippen LogP) is 1.37. The molecule has 114 valence electrons. The maximum absolute atomic E-state index is 12.1. The van der Waals surface area contributed by atoms with Crippen molar-refractivity contribution < 1.29 is 14.8 Å². The molecule has 1 aromatic rings. The van der Waals surface area contributed by atoms with Crippen LogP contribution in [0.15, 0.2) is 18.2 Å². The van der Waals surface area contributed by atoms with Crippen LogP contribution in [-0.4, -0.2) is 47.5 Å². The second-order valence-corrected chi connectivity index (χ2v) is 5.44. The molecule has 1 aliphatic heterocycles. The van der Waals surface area contributed by atoms with E-state index in [4.69, 9.17) is 0 Å². The average molecular weight is 293 g/mol. The molecular weight excluding hydrogens is 274 g/mol. The number of phenols is 1. The Kier molecular flexibility index (Phi) is 4.74. The first-order valence-electron chi connectivity index (χ1n) is 6.91. The monoisotopic (exact) mass is 293 g/mol. The summed E-state index contributed by atoms with van der Waals surface area (Å²) in [5.74, 6) is -0.335. The number of benzene rings is 1. The molecule has 1 saturated heterocycles. The Balaban J connectivity index is 2.03. The van der Waals surface area contributed by atoms with Crippen LogP contribution in [0.4, 0.5) is 5.69 Å². The zero-order valence-corrected chi connectivity index (χ0v) is 11.9. The van der Waals surface area contributed by atoms with Crippen molar-refractivity contribution in [1.29, 1.82) is 0 Å². The minimum Gasteiger partial charge on any atom is -0.508 e. The van der Waals surface area contributed by atoms with Gasteiger partial charge in [0, 0.05) is 19.2 Å². The number of nitro benzene ring substituents is 1. The standard InChI is InChI=1S/C14H19N3O4/c1-16-6-2-3-10(9-16)8-15-14(19)12-7-11(18)4-5-13(12)17(20)21/h4-5,7,10,18H,2-3,6,8-9H2,1H3,(H,15,19). The van der Waals surface area contributed by atoms with Crippen molar-refractivity contribution in [3.8, 4) is 5.75 Å². The van der Waals surface area contributed by atoms with Gasteiger partial charge in [0.05, 0.1) is 4.92 Å². The van der Waals surface area contributed by atoms with E-state index >= 15 is 0 Å². The number of amides is 1. The van der Waals surface area contributed by atoms with Gasteiger partial charge in [-0.25, -0.2) is 0 Å². The lowest BCUT2D eigenvalue weighted by Crippen LogP contribution is -2.39. The van der Waals surface area contributed by atoms with Gasteiger partial charge in [0.1, 0.15) is 11.3 Å². The van der Waals surface area contributed by atoms with Gasteiger partial charge in [-0.15, -0.1) is 0 Å². The van der Waals surface area contributed by atoms with Crippen molar-refractivity contribution in [2.45, 2.75) is 12.8 Å². The Labute approximate surface area is 122 Å². The fraction of sp³-hybridized carbons (Fsp3) is 0.500. The van der Waals surface area contributed by atoms with E-state index in [1.165, 1.54) is 6.07 Å². The summed E-state index contributed by atoms with van der Waals surface area (Å²) < 4.78 is 0. The van der Waals surface area contributed by atoms with Crippen LogP contribution >= 0.6 is 0 Å². The number of likely N-dealkylation sites (tertiary alicyclic amines) is 1. The van der Waals surface area contributed by atoms with Crippen molar-refractivity contribution in [2.75, 3.05) is 26.7 Å². The number of aromatic hydroxyl groups is 1.